The molecule has 0 spiro atoms. The fraction of sp³-hybridized carbons (Fsp3) is 0.296. The maximum atomic E-state index is 13.7. The Morgan fingerprint density at radius 1 is 1.05 bits per heavy atom. The van der Waals surface area contributed by atoms with Crippen molar-refractivity contribution in [2.24, 2.45) is 10.9 Å². The van der Waals surface area contributed by atoms with Gasteiger partial charge in [0, 0.05) is 47.8 Å². The molecule has 0 aromatic heterocycles. The Hall–Kier alpha value is -4.08. The molecule has 0 atom stereocenters. The zero-order valence-electron chi connectivity index (χ0n) is 20.4. The van der Waals surface area contributed by atoms with Gasteiger partial charge in [0.15, 0.2) is 0 Å². The number of benzene rings is 2. The second-order valence-electron chi connectivity index (χ2n) is 9.10. The van der Waals surface area contributed by atoms with Crippen LogP contribution in [0, 0.1) is 18.7 Å². The molecule has 3 N–H and O–H groups in total. The number of nitrogens with one attached hydrogen (secondary N) is 3. The van der Waals surface area contributed by atoms with E-state index in [0.717, 1.165) is 43.2 Å². The number of nitrogens with zero attached hydrogens (tertiary/aromatic N) is 1. The van der Waals surface area contributed by atoms with E-state index in [-0.39, 0.29) is 17.5 Å². The van der Waals surface area contributed by atoms with Gasteiger partial charge in [0.1, 0.15) is 11.6 Å². The predicted molar refractivity (Wildman–Crippen MR) is 135 cm³/mol. The highest BCUT2D eigenvalue weighted by atomic mass is 19.3. The first kappa shape index (κ1) is 26.0. The van der Waals surface area contributed by atoms with Crippen LogP contribution >= 0.6 is 0 Å². The Balaban J connectivity index is 1.41. The molecular formula is C27H27F3N4O3. The molecule has 1 heterocycles. The number of amides is 3. The molecule has 194 valence electrons. The van der Waals surface area contributed by atoms with Crippen LogP contribution in [0.3, 0.4) is 0 Å². The van der Waals surface area contributed by atoms with E-state index in [0.29, 0.717) is 36.2 Å². The standard InChI is InChI=1S/C27H27F3N4O3/c1-16-11-21(33-26(36)34-22-13-18(27(2,29)30)12-19(28)14-22)8-9-23(16)37-24-15-20(5-3-4-10-31-24)32-25(35)17-6-7-17/h4,8-15,17H,3,5-7H2,1-2H3,(H,32,35)(H2,33,34,36). The predicted octanol–water partition coefficient (Wildman–Crippen LogP) is 6.38. The highest BCUT2D eigenvalue weighted by Gasteiger charge is 2.30. The van der Waals surface area contributed by atoms with Gasteiger partial charge in [-0.2, -0.15) is 0 Å². The van der Waals surface area contributed by atoms with Gasteiger partial charge < -0.3 is 20.7 Å². The summed E-state index contributed by atoms with van der Waals surface area (Å²) in [6, 6.07) is 6.87. The fourth-order valence-electron chi connectivity index (χ4n) is 3.62. The van der Waals surface area contributed by atoms with Gasteiger partial charge in [-0.3, -0.25) is 4.79 Å². The number of rotatable bonds is 6. The zero-order chi connectivity index (χ0) is 26.6. The van der Waals surface area contributed by atoms with E-state index in [1.165, 1.54) is 0 Å². The van der Waals surface area contributed by atoms with E-state index < -0.39 is 23.3 Å². The highest BCUT2D eigenvalue weighted by Crippen LogP contribution is 2.31. The van der Waals surface area contributed by atoms with E-state index in [9.17, 15) is 22.8 Å². The minimum absolute atomic E-state index is 0.0120. The number of alkyl halides is 2. The maximum absolute atomic E-state index is 13.7. The van der Waals surface area contributed by atoms with Crippen molar-refractivity contribution in [3.05, 3.63) is 77.4 Å². The lowest BCUT2D eigenvalue weighted by atomic mass is 10.1. The Labute approximate surface area is 212 Å². The Morgan fingerprint density at radius 3 is 2.51 bits per heavy atom. The molecule has 2 aromatic rings. The van der Waals surface area contributed by atoms with Gasteiger partial charge in [-0.15, -0.1) is 0 Å². The van der Waals surface area contributed by atoms with E-state index in [2.05, 4.69) is 20.9 Å². The normalized spacial score (nSPS) is 15.6. The van der Waals surface area contributed by atoms with Crippen LogP contribution in [0.5, 0.6) is 5.75 Å². The zero-order valence-corrected chi connectivity index (χ0v) is 20.4. The number of urea groups is 1. The van der Waals surface area contributed by atoms with Crippen molar-refractivity contribution >= 4 is 29.2 Å². The van der Waals surface area contributed by atoms with E-state index >= 15 is 0 Å². The van der Waals surface area contributed by atoms with Crippen LogP contribution in [0.1, 0.15) is 43.7 Å². The Kier molecular flexibility index (Phi) is 7.66. The van der Waals surface area contributed by atoms with Gasteiger partial charge >= 0.3 is 6.03 Å². The quantitative estimate of drug-likeness (QED) is 0.419. The van der Waals surface area contributed by atoms with Crippen LogP contribution in [-0.4, -0.2) is 17.8 Å². The lowest BCUT2D eigenvalue weighted by Gasteiger charge is -2.15. The number of anilines is 2. The molecule has 37 heavy (non-hydrogen) atoms. The van der Waals surface area contributed by atoms with Gasteiger partial charge in [0.25, 0.3) is 5.92 Å². The number of halogens is 3. The van der Waals surface area contributed by atoms with Gasteiger partial charge in [0.2, 0.25) is 11.8 Å². The van der Waals surface area contributed by atoms with Crippen LogP contribution < -0.4 is 20.7 Å². The van der Waals surface area contributed by atoms with Crippen molar-refractivity contribution in [3.8, 4) is 5.75 Å². The summed E-state index contributed by atoms with van der Waals surface area (Å²) in [5, 5.41) is 7.90. The number of carbonyl (C=O) groups is 2. The summed E-state index contributed by atoms with van der Waals surface area (Å²) in [6.07, 6.45) is 8.45. The minimum atomic E-state index is -3.25. The third kappa shape index (κ3) is 7.45. The van der Waals surface area contributed by atoms with Crippen LogP contribution in [0.25, 0.3) is 0 Å². The molecule has 2 aromatic carbocycles. The summed E-state index contributed by atoms with van der Waals surface area (Å²) >= 11 is 0. The summed E-state index contributed by atoms with van der Waals surface area (Å²) in [5.41, 5.74) is 1.18. The number of aryl methyl sites for hydroxylation is 1. The summed E-state index contributed by atoms with van der Waals surface area (Å²) in [7, 11) is 0. The van der Waals surface area contributed by atoms with Gasteiger partial charge in [-0.05, 0) is 74.6 Å². The maximum Gasteiger partial charge on any atom is 0.323 e. The molecule has 0 unspecified atom stereocenters. The molecule has 1 aliphatic carbocycles. The van der Waals surface area contributed by atoms with Crippen molar-refractivity contribution in [2.45, 2.75) is 45.5 Å². The number of allylic oxidation sites excluding steroid dienone is 2. The van der Waals surface area contributed by atoms with Crippen LogP contribution in [0.15, 0.2) is 65.4 Å². The number of aliphatic imine (C=N–C) groups is 1. The average molecular weight is 513 g/mol. The number of hydrogen-bond acceptors (Lipinski definition) is 4. The van der Waals surface area contributed by atoms with Crippen molar-refractivity contribution < 1.29 is 27.5 Å². The third-order valence-corrected chi connectivity index (χ3v) is 5.73. The van der Waals surface area contributed by atoms with Crippen molar-refractivity contribution in [1.82, 2.24) is 5.32 Å². The lowest BCUT2D eigenvalue weighted by Crippen LogP contribution is -2.25. The third-order valence-electron chi connectivity index (χ3n) is 5.73. The summed E-state index contributed by atoms with van der Waals surface area (Å²) in [5.74, 6) is -3.25. The van der Waals surface area contributed by atoms with E-state index in [4.69, 9.17) is 4.74 Å². The summed E-state index contributed by atoms with van der Waals surface area (Å²) < 4.78 is 46.8. The van der Waals surface area contributed by atoms with Crippen molar-refractivity contribution in [1.29, 1.82) is 0 Å². The largest absolute Gasteiger partial charge is 0.439 e. The van der Waals surface area contributed by atoms with Gasteiger partial charge in [-0.1, -0.05) is 6.08 Å². The monoisotopic (exact) mass is 512 g/mol. The van der Waals surface area contributed by atoms with Crippen molar-refractivity contribution in [2.75, 3.05) is 10.6 Å². The first-order valence-electron chi connectivity index (χ1n) is 11.9. The number of hydrogen-bond donors (Lipinski definition) is 3. The highest BCUT2D eigenvalue weighted by molar-refractivity contribution is 6.00. The SMILES string of the molecule is Cc1cc(NC(=O)Nc2cc(F)cc(C(C)(F)F)c2)ccc1OC1=NC=CCCC(NC(=O)C2CC2)=C1. The molecule has 0 bridgehead atoms. The van der Waals surface area contributed by atoms with Crippen LogP contribution in [-0.2, 0) is 10.7 Å². The Morgan fingerprint density at radius 2 is 1.81 bits per heavy atom. The van der Waals surface area contributed by atoms with E-state index in [1.54, 1.807) is 37.4 Å². The van der Waals surface area contributed by atoms with Crippen LogP contribution in [0.2, 0.25) is 0 Å². The minimum Gasteiger partial charge on any atom is -0.439 e. The lowest BCUT2D eigenvalue weighted by molar-refractivity contribution is -0.121. The van der Waals surface area contributed by atoms with Gasteiger partial charge in [-0.25, -0.2) is 23.0 Å². The molecule has 7 nitrogen and oxygen atoms in total. The van der Waals surface area contributed by atoms with E-state index in [1.807, 2.05) is 6.08 Å². The second kappa shape index (κ2) is 10.9. The molecule has 1 aliphatic heterocycles. The topological polar surface area (TPSA) is 91.8 Å². The molecule has 1 fully saturated rings. The molecule has 3 amide bonds. The Bertz CT molecular complexity index is 1290. The smallest absolute Gasteiger partial charge is 0.323 e. The molecule has 10 heteroatoms. The number of ether oxygens (including phenoxy) is 1. The van der Waals surface area contributed by atoms with Gasteiger partial charge in [0.05, 0.1) is 0 Å². The molecule has 4 rings (SSSR count). The van der Waals surface area contributed by atoms with Crippen LogP contribution in [0.4, 0.5) is 29.3 Å². The molecule has 2 aliphatic rings. The average Bonchev–Trinajstić information content (AvgIpc) is 3.63. The van der Waals surface area contributed by atoms with Crippen molar-refractivity contribution in [3.63, 3.8) is 0 Å². The second-order valence-corrected chi connectivity index (χ2v) is 9.10. The first-order valence-corrected chi connectivity index (χ1v) is 11.9. The molecular weight excluding hydrogens is 485 g/mol. The first-order chi connectivity index (χ1) is 17.6. The summed E-state index contributed by atoms with van der Waals surface area (Å²) in [4.78, 5) is 28.9. The molecule has 1 saturated carbocycles. The molecule has 0 saturated heterocycles. The molecule has 0 radical (unpaired) electrons. The fourth-order valence-corrected chi connectivity index (χ4v) is 3.62. The number of carbonyl (C=O) groups excluding carboxylic acids is 2. The summed E-state index contributed by atoms with van der Waals surface area (Å²) in [6.45, 7) is 2.43.